The van der Waals surface area contributed by atoms with Gasteiger partial charge in [-0.15, -0.1) is 0 Å². The van der Waals surface area contributed by atoms with Gasteiger partial charge in [-0.05, 0) is 62.2 Å². The van der Waals surface area contributed by atoms with Crippen molar-refractivity contribution in [2.45, 2.75) is 43.6 Å². The Kier molecular flexibility index (Phi) is 6.48. The first kappa shape index (κ1) is 22.6. The smallest absolute Gasteiger partial charge is 0.373 e. The lowest BCUT2D eigenvalue weighted by atomic mass is 9.74. The number of alkyl halides is 6. The summed E-state index contributed by atoms with van der Waals surface area (Å²) in [6.45, 7) is 3.20. The Morgan fingerprint density at radius 3 is 1.93 bits per heavy atom. The third-order valence-corrected chi connectivity index (χ3v) is 5.64. The third-order valence-electron chi connectivity index (χ3n) is 5.64. The van der Waals surface area contributed by atoms with Gasteiger partial charge >= 0.3 is 12.4 Å². The SMILES string of the molecule is CC(OCC1(c2ccccc2)CCNCC1)c1cc(C(F)(F)F)cc(C(F)(F)F)c1. The molecule has 2 nitrogen and oxygen atoms in total. The number of rotatable bonds is 5. The highest BCUT2D eigenvalue weighted by atomic mass is 19.4. The molecular formula is C22H23F6NO. The van der Waals surface area contributed by atoms with Crippen molar-refractivity contribution in [3.8, 4) is 0 Å². The molecule has 1 unspecified atom stereocenters. The van der Waals surface area contributed by atoms with Gasteiger partial charge in [-0.1, -0.05) is 30.3 Å². The quantitative estimate of drug-likeness (QED) is 0.576. The van der Waals surface area contributed by atoms with Crippen molar-refractivity contribution < 1.29 is 31.1 Å². The molecule has 1 saturated heterocycles. The van der Waals surface area contributed by atoms with Crippen LogP contribution in [0.1, 0.15) is 48.1 Å². The van der Waals surface area contributed by atoms with E-state index in [2.05, 4.69) is 5.32 Å². The lowest BCUT2D eigenvalue weighted by Gasteiger charge is -2.38. The molecule has 30 heavy (non-hydrogen) atoms. The van der Waals surface area contributed by atoms with Gasteiger partial charge in [0.15, 0.2) is 0 Å². The number of piperidine rings is 1. The Bertz CT molecular complexity index is 809. The minimum Gasteiger partial charge on any atom is -0.373 e. The summed E-state index contributed by atoms with van der Waals surface area (Å²) in [7, 11) is 0. The third kappa shape index (κ3) is 5.16. The normalized spacial score (nSPS) is 18.2. The van der Waals surface area contributed by atoms with Gasteiger partial charge in [0, 0.05) is 5.41 Å². The fourth-order valence-corrected chi connectivity index (χ4v) is 3.81. The van der Waals surface area contributed by atoms with Crippen molar-refractivity contribution in [1.82, 2.24) is 5.32 Å². The molecule has 2 aromatic rings. The lowest BCUT2D eigenvalue weighted by molar-refractivity contribution is -0.143. The van der Waals surface area contributed by atoms with Crippen LogP contribution >= 0.6 is 0 Å². The van der Waals surface area contributed by atoms with Gasteiger partial charge in [0.1, 0.15) is 0 Å². The summed E-state index contributed by atoms with van der Waals surface area (Å²) in [5, 5.41) is 3.27. The van der Waals surface area contributed by atoms with E-state index in [-0.39, 0.29) is 23.7 Å². The molecule has 0 aromatic heterocycles. The monoisotopic (exact) mass is 431 g/mol. The standard InChI is InChI=1S/C22H23F6NO/c1-15(16-11-18(21(23,24)25)13-19(12-16)22(26,27)28)30-14-20(7-9-29-10-8-20)17-5-3-2-4-6-17/h2-6,11-13,15,29H,7-10,14H2,1H3. The molecule has 1 N–H and O–H groups in total. The molecule has 0 spiro atoms. The van der Waals surface area contributed by atoms with Gasteiger partial charge in [-0.2, -0.15) is 26.3 Å². The van der Waals surface area contributed by atoms with E-state index >= 15 is 0 Å². The van der Waals surface area contributed by atoms with Crippen LogP contribution in [0.3, 0.4) is 0 Å². The zero-order chi connectivity index (χ0) is 22.0. The molecule has 1 fully saturated rings. The van der Waals surface area contributed by atoms with E-state index in [0.717, 1.165) is 43.6 Å². The van der Waals surface area contributed by atoms with Gasteiger partial charge < -0.3 is 10.1 Å². The van der Waals surface area contributed by atoms with Crippen LogP contribution in [0.5, 0.6) is 0 Å². The zero-order valence-electron chi connectivity index (χ0n) is 16.4. The Hall–Kier alpha value is -2.06. The highest BCUT2D eigenvalue weighted by molar-refractivity contribution is 5.35. The summed E-state index contributed by atoms with van der Waals surface area (Å²) < 4.78 is 84.8. The first-order valence-corrected chi connectivity index (χ1v) is 9.68. The predicted molar refractivity (Wildman–Crippen MR) is 101 cm³/mol. The second-order valence-corrected chi connectivity index (χ2v) is 7.69. The minimum absolute atomic E-state index is 0.133. The highest BCUT2D eigenvalue weighted by Crippen LogP contribution is 2.39. The number of halogens is 6. The van der Waals surface area contributed by atoms with Crippen LogP contribution in [-0.2, 0) is 22.5 Å². The summed E-state index contributed by atoms with van der Waals surface area (Å²) in [5.41, 5.74) is -2.09. The Morgan fingerprint density at radius 2 is 1.43 bits per heavy atom. The van der Waals surface area contributed by atoms with Gasteiger partial charge in [-0.25, -0.2) is 0 Å². The first-order chi connectivity index (χ1) is 14.0. The van der Waals surface area contributed by atoms with Crippen LogP contribution < -0.4 is 5.32 Å². The van der Waals surface area contributed by atoms with Gasteiger partial charge in [0.25, 0.3) is 0 Å². The predicted octanol–water partition coefficient (Wildman–Crippen LogP) is 6.12. The summed E-state index contributed by atoms with van der Waals surface area (Å²) in [4.78, 5) is 0. The maximum atomic E-state index is 13.1. The van der Waals surface area contributed by atoms with E-state index in [9.17, 15) is 26.3 Å². The summed E-state index contributed by atoms with van der Waals surface area (Å²) in [5.74, 6) is 0. The van der Waals surface area contributed by atoms with Crippen LogP contribution in [0.25, 0.3) is 0 Å². The average molecular weight is 431 g/mol. The molecule has 1 heterocycles. The van der Waals surface area contributed by atoms with Crippen LogP contribution in [-0.4, -0.2) is 19.7 Å². The van der Waals surface area contributed by atoms with E-state index in [1.54, 1.807) is 0 Å². The van der Waals surface area contributed by atoms with Crippen molar-refractivity contribution in [1.29, 1.82) is 0 Å². The van der Waals surface area contributed by atoms with Crippen molar-refractivity contribution in [2.24, 2.45) is 0 Å². The largest absolute Gasteiger partial charge is 0.416 e. The van der Waals surface area contributed by atoms with Gasteiger partial charge in [-0.3, -0.25) is 0 Å². The van der Waals surface area contributed by atoms with Crippen LogP contribution in [0.4, 0.5) is 26.3 Å². The molecule has 8 heteroatoms. The molecule has 164 valence electrons. The molecule has 0 aliphatic carbocycles. The van der Waals surface area contributed by atoms with E-state index in [0.29, 0.717) is 0 Å². The maximum Gasteiger partial charge on any atom is 0.416 e. The second kappa shape index (κ2) is 8.59. The Morgan fingerprint density at radius 1 is 0.900 bits per heavy atom. The summed E-state index contributed by atoms with van der Waals surface area (Å²) >= 11 is 0. The molecule has 1 aliphatic rings. The zero-order valence-corrected chi connectivity index (χ0v) is 16.4. The molecule has 0 bridgehead atoms. The first-order valence-electron chi connectivity index (χ1n) is 9.68. The van der Waals surface area contributed by atoms with E-state index < -0.39 is 29.6 Å². The van der Waals surface area contributed by atoms with Gasteiger partial charge in [0.05, 0.1) is 23.8 Å². The minimum atomic E-state index is -4.88. The summed E-state index contributed by atoms with van der Waals surface area (Å²) in [6.07, 6.45) is -9.16. The van der Waals surface area contributed by atoms with E-state index in [4.69, 9.17) is 4.74 Å². The van der Waals surface area contributed by atoms with Crippen molar-refractivity contribution in [3.05, 3.63) is 70.8 Å². The Labute approximate surface area is 171 Å². The van der Waals surface area contributed by atoms with Crippen molar-refractivity contribution in [2.75, 3.05) is 19.7 Å². The molecule has 0 amide bonds. The van der Waals surface area contributed by atoms with Crippen LogP contribution in [0.15, 0.2) is 48.5 Å². The molecule has 2 aromatic carbocycles. The highest BCUT2D eigenvalue weighted by Gasteiger charge is 2.38. The van der Waals surface area contributed by atoms with Crippen molar-refractivity contribution >= 4 is 0 Å². The van der Waals surface area contributed by atoms with Crippen LogP contribution in [0.2, 0.25) is 0 Å². The number of hydrogen-bond acceptors (Lipinski definition) is 2. The number of ether oxygens (including phenoxy) is 1. The van der Waals surface area contributed by atoms with Crippen molar-refractivity contribution in [3.63, 3.8) is 0 Å². The summed E-state index contributed by atoms with van der Waals surface area (Å²) in [6, 6.07) is 11.3. The Balaban J connectivity index is 1.86. The topological polar surface area (TPSA) is 21.3 Å². The molecule has 1 atom stereocenters. The number of nitrogens with one attached hydrogen (secondary N) is 1. The molecule has 0 saturated carbocycles. The van der Waals surface area contributed by atoms with Gasteiger partial charge in [0.2, 0.25) is 0 Å². The molecular weight excluding hydrogens is 408 g/mol. The molecule has 0 radical (unpaired) electrons. The van der Waals surface area contributed by atoms with E-state index in [1.165, 1.54) is 6.92 Å². The maximum absolute atomic E-state index is 13.1. The fraction of sp³-hybridized carbons (Fsp3) is 0.455. The van der Waals surface area contributed by atoms with E-state index in [1.807, 2.05) is 30.3 Å². The number of hydrogen-bond donors (Lipinski definition) is 1. The van der Waals surface area contributed by atoms with Crippen LogP contribution in [0, 0.1) is 0 Å². The molecule has 1 aliphatic heterocycles. The number of benzene rings is 2. The second-order valence-electron chi connectivity index (χ2n) is 7.69. The molecule has 3 rings (SSSR count). The average Bonchev–Trinajstić information content (AvgIpc) is 2.72. The lowest BCUT2D eigenvalue weighted by Crippen LogP contribution is -2.43. The fourth-order valence-electron chi connectivity index (χ4n) is 3.81.